The maximum Gasteiger partial charge on any atom is 0.264 e. The van der Waals surface area contributed by atoms with Gasteiger partial charge in [0.15, 0.2) is 0 Å². The molecule has 4 rings (SSSR count). The Labute approximate surface area is 179 Å². The van der Waals surface area contributed by atoms with Crippen LogP contribution in [0.15, 0.2) is 54.6 Å². The Morgan fingerprint density at radius 2 is 1.62 bits per heavy atom. The van der Waals surface area contributed by atoms with E-state index in [4.69, 9.17) is 11.6 Å². The summed E-state index contributed by atoms with van der Waals surface area (Å²) in [5.41, 5.74) is 3.92. The molecule has 0 atom stereocenters. The normalized spacial score (nSPS) is 13.5. The van der Waals surface area contributed by atoms with E-state index >= 15 is 0 Å². The molecule has 0 fully saturated rings. The van der Waals surface area contributed by atoms with Gasteiger partial charge in [0, 0.05) is 13.1 Å². The fraction of sp³-hybridized carbons (Fsp3) is 0.217. The predicted molar refractivity (Wildman–Crippen MR) is 118 cm³/mol. The van der Waals surface area contributed by atoms with Gasteiger partial charge >= 0.3 is 0 Å². The molecule has 2 amide bonds. The Bertz CT molecular complexity index is 1050. The second-order valence-corrected chi connectivity index (χ2v) is 8.58. The monoisotopic (exact) mass is 424 g/mol. The molecule has 4 nitrogen and oxygen atoms in total. The van der Waals surface area contributed by atoms with E-state index in [0.717, 1.165) is 18.4 Å². The lowest BCUT2D eigenvalue weighted by atomic mass is 10.0. The van der Waals surface area contributed by atoms with Crippen molar-refractivity contribution in [3.05, 3.63) is 86.8 Å². The third-order valence-corrected chi connectivity index (χ3v) is 6.65. The number of nitrogens with zero attached hydrogens (tertiary/aromatic N) is 1. The molecule has 0 bridgehead atoms. The molecule has 1 aromatic heterocycles. The number of thiophene rings is 1. The first kappa shape index (κ1) is 19.7. The molecule has 0 saturated carbocycles. The van der Waals surface area contributed by atoms with Gasteiger partial charge in [0.05, 0.1) is 20.5 Å². The summed E-state index contributed by atoms with van der Waals surface area (Å²) in [5, 5.41) is 3.92. The summed E-state index contributed by atoms with van der Waals surface area (Å²) in [4.78, 5) is 28.3. The summed E-state index contributed by atoms with van der Waals surface area (Å²) in [5.74, 6) is -0.250. The lowest BCUT2D eigenvalue weighted by Gasteiger charge is -2.19. The number of nitrogens with one attached hydrogen (secondary N) is 1. The minimum atomic E-state index is -0.277. The van der Waals surface area contributed by atoms with Crippen molar-refractivity contribution < 1.29 is 9.59 Å². The van der Waals surface area contributed by atoms with Crippen molar-refractivity contribution in [1.29, 1.82) is 0 Å². The van der Waals surface area contributed by atoms with Gasteiger partial charge in [-0.15, -0.1) is 11.3 Å². The Morgan fingerprint density at radius 1 is 1.00 bits per heavy atom. The third kappa shape index (κ3) is 4.21. The lowest BCUT2D eigenvalue weighted by Crippen LogP contribution is -2.33. The number of amides is 2. The van der Waals surface area contributed by atoms with Crippen LogP contribution < -0.4 is 5.32 Å². The highest BCUT2D eigenvalue weighted by atomic mass is 35.5. The predicted octanol–water partition coefficient (Wildman–Crippen LogP) is 5.20. The summed E-state index contributed by atoms with van der Waals surface area (Å²) in [6.45, 7) is 3.31. The van der Waals surface area contributed by atoms with Crippen LogP contribution in [0.4, 0.5) is 5.00 Å². The lowest BCUT2D eigenvalue weighted by molar-refractivity contribution is 0.0767. The van der Waals surface area contributed by atoms with E-state index in [2.05, 4.69) is 17.4 Å². The summed E-state index contributed by atoms with van der Waals surface area (Å²) < 4.78 is 0. The maximum atomic E-state index is 13.2. The average Bonchev–Trinajstić information content (AvgIpc) is 2.95. The second kappa shape index (κ2) is 8.39. The van der Waals surface area contributed by atoms with Crippen LogP contribution in [0.2, 0.25) is 5.02 Å². The average molecular weight is 425 g/mol. The van der Waals surface area contributed by atoms with Crippen LogP contribution >= 0.6 is 22.9 Å². The van der Waals surface area contributed by atoms with Gasteiger partial charge in [0.1, 0.15) is 0 Å². The highest BCUT2D eigenvalue weighted by molar-refractivity contribution is 7.18. The minimum absolute atomic E-state index is 0.0264. The van der Waals surface area contributed by atoms with Crippen LogP contribution in [0.3, 0.4) is 0 Å². The number of carbonyl (C=O) groups excluding carboxylic acids is 2. The van der Waals surface area contributed by atoms with Crippen molar-refractivity contribution in [2.45, 2.75) is 19.8 Å². The van der Waals surface area contributed by atoms with Gasteiger partial charge < -0.3 is 10.2 Å². The fourth-order valence-corrected chi connectivity index (χ4v) is 4.85. The number of fused-ring (bicyclic) bond motifs is 1. The van der Waals surface area contributed by atoms with E-state index in [-0.39, 0.29) is 11.8 Å². The number of anilines is 1. The molecule has 2 heterocycles. The standard InChI is InChI=1S/C23H21ClN2O2S/c1-15-14-20(25-22(27)18-8-4-5-9-19(18)24)29-21(15)23(28)26-12-10-16-6-2-3-7-17(16)11-13-26/h2-9,14H,10-13H2,1H3,(H,25,27). The van der Waals surface area contributed by atoms with Crippen LogP contribution in [0.25, 0.3) is 0 Å². The number of carbonyl (C=O) groups is 2. The SMILES string of the molecule is Cc1cc(NC(=O)c2ccccc2Cl)sc1C(=O)N1CCc2ccccc2CC1. The Morgan fingerprint density at radius 3 is 2.28 bits per heavy atom. The van der Waals surface area contributed by atoms with E-state index in [0.29, 0.717) is 33.6 Å². The van der Waals surface area contributed by atoms with Crippen molar-refractivity contribution in [3.8, 4) is 0 Å². The molecule has 1 N–H and O–H groups in total. The summed E-state index contributed by atoms with van der Waals surface area (Å²) >= 11 is 7.42. The number of halogens is 1. The van der Waals surface area contributed by atoms with Gasteiger partial charge in [-0.3, -0.25) is 9.59 Å². The third-order valence-electron chi connectivity index (χ3n) is 5.17. The Kier molecular flexibility index (Phi) is 5.69. The highest BCUT2D eigenvalue weighted by Gasteiger charge is 2.23. The van der Waals surface area contributed by atoms with Gasteiger partial charge in [-0.2, -0.15) is 0 Å². The highest BCUT2D eigenvalue weighted by Crippen LogP contribution is 2.29. The van der Waals surface area contributed by atoms with Crippen LogP contribution in [0, 0.1) is 6.92 Å². The molecule has 0 spiro atoms. The van der Waals surface area contributed by atoms with Crippen molar-refractivity contribution in [3.63, 3.8) is 0 Å². The first-order valence-corrected chi connectivity index (χ1v) is 10.7. The van der Waals surface area contributed by atoms with E-state index in [9.17, 15) is 9.59 Å². The van der Waals surface area contributed by atoms with E-state index < -0.39 is 0 Å². The fourth-order valence-electron chi connectivity index (χ4n) is 3.60. The molecule has 6 heteroatoms. The topological polar surface area (TPSA) is 49.4 Å². The number of rotatable bonds is 3. The molecule has 2 aromatic carbocycles. The molecular formula is C23H21ClN2O2S. The summed E-state index contributed by atoms with van der Waals surface area (Å²) in [6.07, 6.45) is 1.73. The van der Waals surface area contributed by atoms with Crippen molar-refractivity contribution >= 4 is 39.8 Å². The van der Waals surface area contributed by atoms with Gasteiger partial charge in [0.25, 0.3) is 11.8 Å². The zero-order valence-corrected chi connectivity index (χ0v) is 17.6. The Balaban J connectivity index is 1.48. The maximum absolute atomic E-state index is 13.2. The molecular weight excluding hydrogens is 404 g/mol. The second-order valence-electron chi connectivity index (χ2n) is 7.12. The zero-order chi connectivity index (χ0) is 20.4. The van der Waals surface area contributed by atoms with E-state index in [1.165, 1.54) is 22.5 Å². The molecule has 0 saturated heterocycles. The molecule has 1 aliphatic rings. The first-order chi connectivity index (χ1) is 14.0. The molecule has 3 aromatic rings. The van der Waals surface area contributed by atoms with Crippen LogP contribution in [-0.2, 0) is 12.8 Å². The Hall–Kier alpha value is -2.63. The van der Waals surface area contributed by atoms with Gasteiger partial charge in [-0.25, -0.2) is 0 Å². The van der Waals surface area contributed by atoms with Crippen molar-refractivity contribution in [1.82, 2.24) is 4.90 Å². The molecule has 0 radical (unpaired) electrons. The van der Waals surface area contributed by atoms with E-state index in [1.54, 1.807) is 24.3 Å². The van der Waals surface area contributed by atoms with Gasteiger partial charge in [-0.1, -0.05) is 48.0 Å². The molecule has 29 heavy (non-hydrogen) atoms. The van der Waals surface area contributed by atoms with Crippen LogP contribution in [-0.4, -0.2) is 29.8 Å². The van der Waals surface area contributed by atoms with Crippen LogP contribution in [0.1, 0.15) is 36.7 Å². The quantitative estimate of drug-likeness (QED) is 0.627. The van der Waals surface area contributed by atoms with Gasteiger partial charge in [-0.05, 0) is 54.7 Å². The van der Waals surface area contributed by atoms with Crippen molar-refractivity contribution in [2.24, 2.45) is 0 Å². The van der Waals surface area contributed by atoms with Crippen molar-refractivity contribution in [2.75, 3.05) is 18.4 Å². The molecule has 0 aliphatic carbocycles. The van der Waals surface area contributed by atoms with Gasteiger partial charge in [0.2, 0.25) is 0 Å². The molecule has 0 unspecified atom stereocenters. The number of benzene rings is 2. The summed E-state index contributed by atoms with van der Waals surface area (Å²) in [6, 6.07) is 17.1. The number of aryl methyl sites for hydroxylation is 1. The van der Waals surface area contributed by atoms with Crippen LogP contribution in [0.5, 0.6) is 0 Å². The zero-order valence-electron chi connectivity index (χ0n) is 16.1. The van der Waals surface area contributed by atoms with E-state index in [1.807, 2.05) is 30.0 Å². The number of hydrogen-bond donors (Lipinski definition) is 1. The smallest absolute Gasteiger partial charge is 0.264 e. The molecule has 1 aliphatic heterocycles. The largest absolute Gasteiger partial charge is 0.337 e. The minimum Gasteiger partial charge on any atom is -0.337 e. The summed E-state index contributed by atoms with van der Waals surface area (Å²) in [7, 11) is 0. The first-order valence-electron chi connectivity index (χ1n) is 9.55. The number of hydrogen-bond acceptors (Lipinski definition) is 3. The molecule has 148 valence electrons.